The third kappa shape index (κ3) is 5.09. The highest BCUT2D eigenvalue weighted by molar-refractivity contribution is 6.31. The predicted octanol–water partition coefficient (Wildman–Crippen LogP) is 3.29. The largest absolute Gasteiger partial charge is 0.444 e. The molecular formula is C14H20ClNO3. The Kier molecular flexibility index (Phi) is 5.20. The van der Waals surface area contributed by atoms with Gasteiger partial charge in [0, 0.05) is 10.6 Å². The minimum atomic E-state index is -0.888. The number of carbonyl (C=O) groups is 1. The third-order valence-corrected chi connectivity index (χ3v) is 2.79. The van der Waals surface area contributed by atoms with Crippen LogP contribution in [-0.4, -0.2) is 22.8 Å². The molecule has 2 atom stereocenters. The van der Waals surface area contributed by atoms with Crippen molar-refractivity contribution in [3.63, 3.8) is 0 Å². The highest BCUT2D eigenvalue weighted by Crippen LogP contribution is 2.24. The second kappa shape index (κ2) is 6.26. The van der Waals surface area contributed by atoms with Crippen LogP contribution in [0.15, 0.2) is 24.3 Å². The predicted molar refractivity (Wildman–Crippen MR) is 75.2 cm³/mol. The van der Waals surface area contributed by atoms with Crippen LogP contribution in [0.5, 0.6) is 0 Å². The SMILES string of the molecule is CC(NC(=O)OC(C)(C)C)[C@H](O)c1ccccc1Cl. The number of hydrogen-bond acceptors (Lipinski definition) is 3. The molecule has 106 valence electrons. The lowest BCUT2D eigenvalue weighted by molar-refractivity contribution is 0.0436. The topological polar surface area (TPSA) is 58.6 Å². The van der Waals surface area contributed by atoms with Gasteiger partial charge in [0.15, 0.2) is 0 Å². The fourth-order valence-corrected chi connectivity index (χ4v) is 1.80. The van der Waals surface area contributed by atoms with E-state index < -0.39 is 23.8 Å². The fourth-order valence-electron chi connectivity index (χ4n) is 1.56. The molecule has 0 aliphatic carbocycles. The van der Waals surface area contributed by atoms with Crippen molar-refractivity contribution in [2.24, 2.45) is 0 Å². The molecule has 0 saturated heterocycles. The van der Waals surface area contributed by atoms with Crippen LogP contribution in [0.25, 0.3) is 0 Å². The number of nitrogens with one attached hydrogen (secondary N) is 1. The molecule has 0 saturated carbocycles. The monoisotopic (exact) mass is 285 g/mol. The van der Waals surface area contributed by atoms with E-state index in [4.69, 9.17) is 16.3 Å². The van der Waals surface area contributed by atoms with Gasteiger partial charge >= 0.3 is 6.09 Å². The zero-order chi connectivity index (χ0) is 14.6. The number of hydrogen-bond donors (Lipinski definition) is 2. The molecule has 4 nitrogen and oxygen atoms in total. The van der Waals surface area contributed by atoms with E-state index >= 15 is 0 Å². The van der Waals surface area contributed by atoms with Gasteiger partial charge in [0.05, 0.1) is 6.04 Å². The van der Waals surface area contributed by atoms with E-state index in [9.17, 15) is 9.90 Å². The van der Waals surface area contributed by atoms with Crippen molar-refractivity contribution >= 4 is 17.7 Å². The van der Waals surface area contributed by atoms with Crippen LogP contribution in [0, 0.1) is 0 Å². The Morgan fingerprint density at radius 3 is 2.47 bits per heavy atom. The van der Waals surface area contributed by atoms with Crippen molar-refractivity contribution in [3.05, 3.63) is 34.9 Å². The average molecular weight is 286 g/mol. The Morgan fingerprint density at radius 1 is 1.37 bits per heavy atom. The van der Waals surface area contributed by atoms with Crippen LogP contribution < -0.4 is 5.32 Å². The van der Waals surface area contributed by atoms with Crippen molar-refractivity contribution < 1.29 is 14.6 Å². The van der Waals surface area contributed by atoms with Gasteiger partial charge in [-0.3, -0.25) is 0 Å². The summed E-state index contributed by atoms with van der Waals surface area (Å²) in [5.41, 5.74) is 0.00631. The maximum absolute atomic E-state index is 11.6. The van der Waals surface area contributed by atoms with Gasteiger partial charge in [0.1, 0.15) is 11.7 Å². The van der Waals surface area contributed by atoms with Crippen LogP contribution in [-0.2, 0) is 4.74 Å². The van der Waals surface area contributed by atoms with Crippen LogP contribution >= 0.6 is 11.6 Å². The first-order valence-electron chi connectivity index (χ1n) is 6.12. The second-order valence-electron chi connectivity index (χ2n) is 5.40. The number of aliphatic hydroxyl groups excluding tert-OH is 1. The summed E-state index contributed by atoms with van der Waals surface area (Å²) < 4.78 is 5.13. The molecular weight excluding hydrogens is 266 g/mol. The molecule has 0 heterocycles. The number of ether oxygens (including phenoxy) is 1. The van der Waals surface area contributed by atoms with E-state index in [1.807, 2.05) is 0 Å². The van der Waals surface area contributed by atoms with Gasteiger partial charge < -0.3 is 15.2 Å². The number of benzene rings is 1. The lowest BCUT2D eigenvalue weighted by Crippen LogP contribution is -2.40. The van der Waals surface area contributed by atoms with E-state index in [2.05, 4.69) is 5.32 Å². The normalized spacial score (nSPS) is 14.6. The van der Waals surface area contributed by atoms with Gasteiger partial charge in [-0.2, -0.15) is 0 Å². The van der Waals surface area contributed by atoms with Crippen LogP contribution in [0.2, 0.25) is 5.02 Å². The maximum atomic E-state index is 11.6. The number of amides is 1. The van der Waals surface area contributed by atoms with E-state index in [0.717, 1.165) is 0 Å². The Bertz CT molecular complexity index is 443. The van der Waals surface area contributed by atoms with Gasteiger partial charge in [-0.05, 0) is 33.8 Å². The van der Waals surface area contributed by atoms with Crippen LogP contribution in [0.3, 0.4) is 0 Å². The fraction of sp³-hybridized carbons (Fsp3) is 0.500. The highest BCUT2D eigenvalue weighted by atomic mass is 35.5. The number of aliphatic hydroxyl groups is 1. The number of alkyl carbamates (subject to hydrolysis) is 1. The molecule has 0 aliphatic rings. The Labute approximate surface area is 118 Å². The molecule has 1 aromatic rings. The smallest absolute Gasteiger partial charge is 0.407 e. The van der Waals surface area contributed by atoms with E-state index in [-0.39, 0.29) is 0 Å². The van der Waals surface area contributed by atoms with Crippen molar-refractivity contribution in [3.8, 4) is 0 Å². The molecule has 0 aromatic heterocycles. The van der Waals surface area contributed by atoms with Crippen LogP contribution in [0.1, 0.15) is 39.4 Å². The number of halogens is 1. The van der Waals surface area contributed by atoms with E-state index in [1.54, 1.807) is 52.0 Å². The first-order chi connectivity index (χ1) is 8.70. The van der Waals surface area contributed by atoms with Crippen molar-refractivity contribution in [1.82, 2.24) is 5.32 Å². The molecule has 0 fully saturated rings. The standard InChI is InChI=1S/C14H20ClNO3/c1-9(16-13(18)19-14(2,3)4)12(17)10-7-5-6-8-11(10)15/h5-9,12,17H,1-4H3,(H,16,18)/t9?,12-/m0/s1. The minimum Gasteiger partial charge on any atom is -0.444 e. The molecule has 1 aromatic carbocycles. The van der Waals surface area contributed by atoms with Gasteiger partial charge in [0.2, 0.25) is 0 Å². The van der Waals surface area contributed by atoms with Gasteiger partial charge in [-0.25, -0.2) is 4.79 Å². The highest BCUT2D eigenvalue weighted by Gasteiger charge is 2.23. The lowest BCUT2D eigenvalue weighted by atomic mass is 10.0. The number of carbonyl (C=O) groups excluding carboxylic acids is 1. The maximum Gasteiger partial charge on any atom is 0.407 e. The van der Waals surface area contributed by atoms with Gasteiger partial charge in [-0.15, -0.1) is 0 Å². The number of rotatable bonds is 3. The van der Waals surface area contributed by atoms with E-state index in [0.29, 0.717) is 10.6 Å². The second-order valence-corrected chi connectivity index (χ2v) is 5.81. The molecule has 1 amide bonds. The molecule has 1 unspecified atom stereocenters. The summed E-state index contributed by atoms with van der Waals surface area (Å²) in [7, 11) is 0. The first-order valence-corrected chi connectivity index (χ1v) is 6.50. The minimum absolute atomic E-state index is 0.466. The summed E-state index contributed by atoms with van der Waals surface area (Å²) in [5.74, 6) is 0. The summed E-state index contributed by atoms with van der Waals surface area (Å²) in [5, 5.41) is 13.2. The zero-order valence-electron chi connectivity index (χ0n) is 11.6. The Hall–Kier alpha value is -1.26. The Balaban J connectivity index is 2.66. The van der Waals surface area contributed by atoms with Gasteiger partial charge in [-0.1, -0.05) is 29.8 Å². The molecule has 0 bridgehead atoms. The summed E-state index contributed by atoms with van der Waals surface area (Å²) in [6.07, 6.45) is -1.45. The van der Waals surface area contributed by atoms with E-state index in [1.165, 1.54) is 0 Å². The summed E-state index contributed by atoms with van der Waals surface area (Å²) in [4.78, 5) is 11.6. The molecule has 19 heavy (non-hydrogen) atoms. The summed E-state index contributed by atoms with van der Waals surface area (Å²) in [6.45, 7) is 7.03. The lowest BCUT2D eigenvalue weighted by Gasteiger charge is -2.24. The van der Waals surface area contributed by atoms with Gasteiger partial charge in [0.25, 0.3) is 0 Å². The molecule has 0 aliphatic heterocycles. The van der Waals surface area contributed by atoms with Crippen molar-refractivity contribution in [2.75, 3.05) is 0 Å². The summed E-state index contributed by atoms with van der Waals surface area (Å²) >= 11 is 6.00. The molecule has 0 radical (unpaired) electrons. The quantitative estimate of drug-likeness (QED) is 0.896. The zero-order valence-corrected chi connectivity index (χ0v) is 12.4. The molecule has 0 spiro atoms. The third-order valence-electron chi connectivity index (χ3n) is 2.44. The van der Waals surface area contributed by atoms with Crippen LogP contribution in [0.4, 0.5) is 4.79 Å². The summed E-state index contributed by atoms with van der Waals surface area (Å²) in [6, 6.07) is 6.48. The first kappa shape index (κ1) is 15.8. The molecule has 1 rings (SSSR count). The molecule has 2 N–H and O–H groups in total. The Morgan fingerprint density at radius 2 is 1.95 bits per heavy atom. The van der Waals surface area contributed by atoms with Crippen molar-refractivity contribution in [2.45, 2.75) is 45.4 Å². The average Bonchev–Trinajstić information content (AvgIpc) is 2.26. The van der Waals surface area contributed by atoms with Crippen molar-refractivity contribution in [1.29, 1.82) is 0 Å². The molecule has 5 heteroatoms.